The van der Waals surface area contributed by atoms with Crippen molar-refractivity contribution in [2.45, 2.75) is 51.5 Å². The van der Waals surface area contributed by atoms with Crippen molar-refractivity contribution >= 4 is 15.7 Å². The fourth-order valence-electron chi connectivity index (χ4n) is 3.38. The fraction of sp³-hybridized carbons (Fsp3) is 0.933. The largest absolute Gasteiger partial charge is 0.343 e. The third-order valence-corrected chi connectivity index (χ3v) is 6.45. The molecule has 2 aliphatic heterocycles. The first-order valence-corrected chi connectivity index (χ1v) is 10.1. The number of hydrogen-bond acceptors (Lipinski definition) is 4. The predicted octanol–water partition coefficient (Wildman–Crippen LogP) is 1.29. The zero-order valence-corrected chi connectivity index (χ0v) is 13.9. The Bertz CT molecular complexity index is 442. The summed E-state index contributed by atoms with van der Waals surface area (Å²) in [5.74, 6) is 0.795. The summed E-state index contributed by atoms with van der Waals surface area (Å²) in [6.45, 7) is 5.33. The summed E-state index contributed by atoms with van der Waals surface area (Å²) >= 11 is 0. The number of carbonyl (C=O) groups is 1. The summed E-state index contributed by atoms with van der Waals surface area (Å²) in [5, 5.41) is 0. The van der Waals surface area contributed by atoms with Crippen molar-refractivity contribution in [3.05, 3.63) is 0 Å². The van der Waals surface area contributed by atoms with Gasteiger partial charge in [-0.25, -0.2) is 8.42 Å². The Morgan fingerprint density at radius 3 is 2.38 bits per heavy atom. The number of rotatable bonds is 5. The predicted molar refractivity (Wildman–Crippen MR) is 84.0 cm³/mol. The molecule has 1 amide bonds. The van der Waals surface area contributed by atoms with Crippen LogP contribution < -0.4 is 0 Å². The monoisotopic (exact) mass is 316 g/mol. The number of likely N-dealkylation sites (tertiary alicyclic amines) is 1. The minimum absolute atomic E-state index is 0.108. The fourth-order valence-corrected chi connectivity index (χ4v) is 5.14. The second kappa shape index (κ2) is 7.58. The Morgan fingerprint density at radius 2 is 1.86 bits per heavy atom. The average Bonchev–Trinajstić information content (AvgIpc) is 2.68. The van der Waals surface area contributed by atoms with Crippen LogP contribution in [-0.4, -0.2) is 67.9 Å². The third-order valence-electron chi connectivity index (χ3n) is 4.70. The first kappa shape index (κ1) is 16.7. The van der Waals surface area contributed by atoms with Gasteiger partial charge in [0.15, 0.2) is 9.84 Å². The molecule has 0 saturated carbocycles. The van der Waals surface area contributed by atoms with Crippen molar-refractivity contribution in [3.63, 3.8) is 0 Å². The van der Waals surface area contributed by atoms with Crippen LogP contribution in [0, 0.1) is 0 Å². The topological polar surface area (TPSA) is 57.7 Å². The molecule has 2 heterocycles. The maximum atomic E-state index is 12.3. The van der Waals surface area contributed by atoms with Crippen LogP contribution in [0.1, 0.15) is 45.4 Å². The lowest BCUT2D eigenvalue weighted by Gasteiger charge is -2.28. The smallest absolute Gasteiger partial charge is 0.223 e. The van der Waals surface area contributed by atoms with Crippen molar-refractivity contribution < 1.29 is 13.2 Å². The molecule has 1 atom stereocenters. The second-order valence-corrected chi connectivity index (χ2v) is 8.46. The quantitative estimate of drug-likeness (QED) is 0.767. The lowest BCUT2D eigenvalue weighted by Crippen LogP contribution is -2.40. The molecule has 0 aromatic heterocycles. The van der Waals surface area contributed by atoms with Crippen LogP contribution >= 0.6 is 0 Å². The molecule has 0 radical (unpaired) electrons. The van der Waals surface area contributed by atoms with Crippen LogP contribution in [0.3, 0.4) is 0 Å². The first-order chi connectivity index (χ1) is 10.0. The van der Waals surface area contributed by atoms with Crippen LogP contribution in [0.2, 0.25) is 0 Å². The highest BCUT2D eigenvalue weighted by Gasteiger charge is 2.31. The summed E-state index contributed by atoms with van der Waals surface area (Å²) in [7, 11) is -2.85. The normalized spacial score (nSPS) is 26.0. The Hall–Kier alpha value is -0.620. The summed E-state index contributed by atoms with van der Waals surface area (Å²) < 4.78 is 23.2. The van der Waals surface area contributed by atoms with E-state index in [1.165, 1.54) is 12.8 Å². The minimum Gasteiger partial charge on any atom is -0.343 e. The molecule has 21 heavy (non-hydrogen) atoms. The number of amides is 1. The molecule has 0 bridgehead atoms. The van der Waals surface area contributed by atoms with Crippen LogP contribution in [-0.2, 0) is 14.6 Å². The van der Waals surface area contributed by atoms with Crippen molar-refractivity contribution in [2.75, 3.05) is 37.7 Å². The van der Waals surface area contributed by atoms with Gasteiger partial charge in [0.1, 0.15) is 0 Å². The maximum absolute atomic E-state index is 12.3. The molecule has 2 fully saturated rings. The van der Waals surface area contributed by atoms with Gasteiger partial charge in [-0.3, -0.25) is 9.69 Å². The van der Waals surface area contributed by atoms with Gasteiger partial charge in [0.05, 0.1) is 11.5 Å². The molecule has 0 spiro atoms. The zero-order chi connectivity index (χ0) is 15.3. The van der Waals surface area contributed by atoms with Gasteiger partial charge in [-0.05, 0) is 25.8 Å². The average molecular weight is 316 g/mol. The molecule has 0 N–H and O–H groups in total. The molecule has 0 aromatic rings. The zero-order valence-electron chi connectivity index (χ0n) is 13.1. The summed E-state index contributed by atoms with van der Waals surface area (Å²) in [5.41, 5.74) is 0. The molecule has 2 saturated heterocycles. The molecule has 5 nitrogen and oxygen atoms in total. The van der Waals surface area contributed by atoms with Gasteiger partial charge in [0.25, 0.3) is 0 Å². The summed E-state index contributed by atoms with van der Waals surface area (Å²) in [4.78, 5) is 16.5. The van der Waals surface area contributed by atoms with Gasteiger partial charge in [0, 0.05) is 32.1 Å². The van der Waals surface area contributed by atoms with E-state index in [4.69, 9.17) is 0 Å². The van der Waals surface area contributed by atoms with Crippen LogP contribution in [0.15, 0.2) is 0 Å². The van der Waals surface area contributed by atoms with E-state index < -0.39 is 9.84 Å². The molecule has 2 rings (SSSR count). The van der Waals surface area contributed by atoms with Gasteiger partial charge < -0.3 is 4.90 Å². The molecule has 0 aliphatic carbocycles. The second-order valence-electron chi connectivity index (χ2n) is 6.23. The molecular weight excluding hydrogens is 288 g/mol. The van der Waals surface area contributed by atoms with Crippen LogP contribution in [0.25, 0.3) is 0 Å². The molecular formula is C15H28N2O3S. The SMILES string of the molecule is CCN(CCC(=O)N1CCCCCC1)C1CCS(=O)(=O)C1. The summed E-state index contributed by atoms with van der Waals surface area (Å²) in [6.07, 6.45) is 5.92. The van der Waals surface area contributed by atoms with Crippen molar-refractivity contribution in [1.29, 1.82) is 0 Å². The first-order valence-electron chi connectivity index (χ1n) is 8.24. The van der Waals surface area contributed by atoms with Crippen LogP contribution in [0.4, 0.5) is 0 Å². The lowest BCUT2D eigenvalue weighted by molar-refractivity contribution is -0.131. The van der Waals surface area contributed by atoms with E-state index in [9.17, 15) is 13.2 Å². The van der Waals surface area contributed by atoms with Gasteiger partial charge >= 0.3 is 0 Å². The minimum atomic E-state index is -2.85. The Kier molecular flexibility index (Phi) is 6.05. The van der Waals surface area contributed by atoms with E-state index >= 15 is 0 Å². The van der Waals surface area contributed by atoms with E-state index in [2.05, 4.69) is 4.90 Å². The van der Waals surface area contributed by atoms with Crippen molar-refractivity contribution in [2.24, 2.45) is 0 Å². The Morgan fingerprint density at radius 1 is 1.19 bits per heavy atom. The number of nitrogens with zero attached hydrogens (tertiary/aromatic N) is 2. The summed E-state index contributed by atoms with van der Waals surface area (Å²) in [6, 6.07) is 0.108. The lowest BCUT2D eigenvalue weighted by atomic mass is 10.2. The van der Waals surface area contributed by atoms with Crippen LogP contribution in [0.5, 0.6) is 0 Å². The van der Waals surface area contributed by atoms with Crippen molar-refractivity contribution in [1.82, 2.24) is 9.80 Å². The molecule has 1 unspecified atom stereocenters. The van der Waals surface area contributed by atoms with Gasteiger partial charge in [-0.2, -0.15) is 0 Å². The van der Waals surface area contributed by atoms with Gasteiger partial charge in [-0.1, -0.05) is 19.8 Å². The van der Waals surface area contributed by atoms with E-state index in [-0.39, 0.29) is 17.7 Å². The van der Waals surface area contributed by atoms with Crippen molar-refractivity contribution in [3.8, 4) is 0 Å². The molecule has 122 valence electrons. The third kappa shape index (κ3) is 4.95. The van der Waals surface area contributed by atoms with Gasteiger partial charge in [-0.15, -0.1) is 0 Å². The Balaban J connectivity index is 1.81. The van der Waals surface area contributed by atoms with E-state index in [1.54, 1.807) is 0 Å². The maximum Gasteiger partial charge on any atom is 0.223 e. The highest BCUT2D eigenvalue weighted by Crippen LogP contribution is 2.18. The highest BCUT2D eigenvalue weighted by molar-refractivity contribution is 7.91. The Labute approximate surface area is 128 Å². The number of sulfone groups is 1. The van der Waals surface area contributed by atoms with E-state index in [1.807, 2.05) is 11.8 Å². The standard InChI is InChI=1S/C15H28N2O3S/c1-2-16(14-8-12-21(19,20)13-14)11-7-15(18)17-9-5-3-4-6-10-17/h14H,2-13H2,1H3. The highest BCUT2D eigenvalue weighted by atomic mass is 32.2. The molecule has 2 aliphatic rings. The van der Waals surface area contributed by atoms with E-state index in [0.29, 0.717) is 25.1 Å². The van der Waals surface area contributed by atoms with E-state index in [0.717, 1.165) is 32.5 Å². The number of carbonyl (C=O) groups excluding carboxylic acids is 1. The number of hydrogen-bond donors (Lipinski definition) is 0. The molecule has 6 heteroatoms. The van der Waals surface area contributed by atoms with Gasteiger partial charge in [0.2, 0.25) is 5.91 Å². The molecule has 0 aromatic carbocycles.